The molecule has 1 aromatic carbocycles. The van der Waals surface area contributed by atoms with E-state index in [1.165, 1.54) is 37.7 Å². The molecule has 0 N–H and O–H groups in total. The highest BCUT2D eigenvalue weighted by atomic mass is 35.5. The molecule has 0 bridgehead atoms. The number of aromatic nitrogens is 1. The normalized spacial score (nSPS) is 12.2. The lowest BCUT2D eigenvalue weighted by molar-refractivity contribution is -0.134. The average Bonchev–Trinajstić information content (AvgIpc) is 2.68. The lowest BCUT2D eigenvalue weighted by Gasteiger charge is -2.12. The molecule has 146 valence electrons. The van der Waals surface area contributed by atoms with E-state index in [4.69, 9.17) is 16.3 Å². The SMILES string of the molecule is CCCCCCCc1ccc(-c2ccc(OC(=O)C(Cl)C(C)C)cc2)nc1. The van der Waals surface area contributed by atoms with Gasteiger partial charge in [-0.2, -0.15) is 0 Å². The smallest absolute Gasteiger partial charge is 0.329 e. The van der Waals surface area contributed by atoms with E-state index in [0.717, 1.165) is 17.7 Å². The Bertz CT molecular complexity index is 695. The first-order valence-electron chi connectivity index (χ1n) is 9.92. The highest BCUT2D eigenvalue weighted by Crippen LogP contribution is 2.22. The molecule has 3 nitrogen and oxygen atoms in total. The number of pyridine rings is 1. The van der Waals surface area contributed by atoms with Gasteiger partial charge < -0.3 is 4.74 Å². The zero-order valence-electron chi connectivity index (χ0n) is 16.6. The van der Waals surface area contributed by atoms with Crippen molar-refractivity contribution in [2.24, 2.45) is 5.92 Å². The standard InChI is InChI=1S/C23H30ClNO2/c1-4-5-6-7-8-9-18-10-15-21(25-16-18)19-11-13-20(14-12-19)27-23(26)22(24)17(2)3/h10-17,22H,4-9H2,1-3H3. The minimum atomic E-state index is -0.638. The summed E-state index contributed by atoms with van der Waals surface area (Å²) in [4.78, 5) is 16.5. The van der Waals surface area contributed by atoms with Crippen LogP contribution in [-0.4, -0.2) is 16.3 Å². The van der Waals surface area contributed by atoms with E-state index in [1.807, 2.05) is 32.2 Å². The topological polar surface area (TPSA) is 39.2 Å². The number of carbonyl (C=O) groups is 1. The van der Waals surface area contributed by atoms with Gasteiger partial charge in [-0.25, -0.2) is 0 Å². The van der Waals surface area contributed by atoms with Crippen LogP contribution in [0.4, 0.5) is 0 Å². The Kier molecular flexibility index (Phi) is 8.80. The van der Waals surface area contributed by atoms with E-state index >= 15 is 0 Å². The number of hydrogen-bond donors (Lipinski definition) is 0. The van der Waals surface area contributed by atoms with E-state index in [2.05, 4.69) is 24.0 Å². The van der Waals surface area contributed by atoms with Crippen molar-refractivity contribution >= 4 is 17.6 Å². The van der Waals surface area contributed by atoms with Gasteiger partial charge in [-0.1, -0.05) is 52.5 Å². The number of carbonyl (C=O) groups excluding carboxylic acids is 1. The van der Waals surface area contributed by atoms with Crippen LogP contribution in [0.5, 0.6) is 5.75 Å². The maximum absolute atomic E-state index is 11.9. The maximum atomic E-state index is 11.9. The zero-order valence-corrected chi connectivity index (χ0v) is 17.3. The van der Waals surface area contributed by atoms with Crippen molar-refractivity contribution in [1.29, 1.82) is 0 Å². The Hall–Kier alpha value is -1.87. The Balaban J connectivity index is 1.90. The molecule has 27 heavy (non-hydrogen) atoms. The predicted octanol–water partition coefficient (Wildman–Crippen LogP) is 6.43. The molecule has 0 amide bonds. The molecule has 0 saturated heterocycles. The number of hydrogen-bond acceptors (Lipinski definition) is 3. The van der Waals surface area contributed by atoms with Crippen LogP contribution < -0.4 is 4.74 Å². The third kappa shape index (κ3) is 6.99. The largest absolute Gasteiger partial charge is 0.425 e. The van der Waals surface area contributed by atoms with E-state index in [0.29, 0.717) is 5.75 Å². The predicted molar refractivity (Wildman–Crippen MR) is 112 cm³/mol. The fraction of sp³-hybridized carbons (Fsp3) is 0.478. The van der Waals surface area contributed by atoms with Gasteiger partial charge in [-0.05, 0) is 54.7 Å². The Labute approximate surface area is 168 Å². The first-order chi connectivity index (χ1) is 13.0. The fourth-order valence-electron chi connectivity index (χ4n) is 2.81. The van der Waals surface area contributed by atoms with Gasteiger partial charge in [-0.15, -0.1) is 11.6 Å². The molecule has 0 fully saturated rings. The molecule has 0 radical (unpaired) electrons. The van der Waals surface area contributed by atoms with Crippen molar-refractivity contribution in [3.63, 3.8) is 0 Å². The third-order valence-electron chi connectivity index (χ3n) is 4.57. The van der Waals surface area contributed by atoms with Crippen molar-refractivity contribution in [2.45, 2.75) is 64.7 Å². The van der Waals surface area contributed by atoms with Crippen LogP contribution in [0.2, 0.25) is 0 Å². The van der Waals surface area contributed by atoms with E-state index in [-0.39, 0.29) is 5.92 Å². The minimum Gasteiger partial charge on any atom is -0.425 e. The number of nitrogens with zero attached hydrogens (tertiary/aromatic N) is 1. The highest BCUT2D eigenvalue weighted by Gasteiger charge is 2.21. The Morgan fingerprint density at radius 2 is 1.74 bits per heavy atom. The molecular formula is C23H30ClNO2. The average molecular weight is 388 g/mol. The van der Waals surface area contributed by atoms with Crippen LogP contribution in [0.1, 0.15) is 58.4 Å². The van der Waals surface area contributed by atoms with Crippen LogP contribution in [0, 0.1) is 5.92 Å². The minimum absolute atomic E-state index is 0.0350. The zero-order chi connectivity index (χ0) is 19.6. The van der Waals surface area contributed by atoms with E-state index in [9.17, 15) is 4.79 Å². The second-order valence-corrected chi connectivity index (χ2v) is 7.78. The summed E-state index contributed by atoms with van der Waals surface area (Å²) >= 11 is 6.03. The second kappa shape index (κ2) is 11.1. The number of rotatable bonds is 10. The molecule has 2 rings (SSSR count). The number of ether oxygens (including phenoxy) is 1. The molecule has 1 atom stereocenters. The van der Waals surface area contributed by atoms with E-state index in [1.54, 1.807) is 12.1 Å². The summed E-state index contributed by atoms with van der Waals surface area (Å²) in [5.41, 5.74) is 3.19. The van der Waals surface area contributed by atoms with Crippen molar-refractivity contribution in [3.8, 4) is 17.0 Å². The van der Waals surface area contributed by atoms with Gasteiger partial charge in [0, 0.05) is 11.8 Å². The Morgan fingerprint density at radius 1 is 1.04 bits per heavy atom. The van der Waals surface area contributed by atoms with Crippen molar-refractivity contribution in [1.82, 2.24) is 4.98 Å². The van der Waals surface area contributed by atoms with Gasteiger partial charge in [0.05, 0.1) is 5.69 Å². The molecule has 1 aromatic heterocycles. The molecule has 0 aliphatic heterocycles. The van der Waals surface area contributed by atoms with Gasteiger partial charge in [0.25, 0.3) is 0 Å². The number of unbranched alkanes of at least 4 members (excludes halogenated alkanes) is 4. The molecule has 1 unspecified atom stereocenters. The molecule has 0 aliphatic carbocycles. The summed E-state index contributed by atoms with van der Waals surface area (Å²) in [7, 11) is 0. The van der Waals surface area contributed by atoms with Crippen LogP contribution >= 0.6 is 11.6 Å². The fourth-order valence-corrected chi connectivity index (χ4v) is 2.86. The molecule has 0 aliphatic rings. The lowest BCUT2D eigenvalue weighted by atomic mass is 10.1. The van der Waals surface area contributed by atoms with Crippen LogP contribution in [0.25, 0.3) is 11.3 Å². The number of halogens is 1. The van der Waals surface area contributed by atoms with Crippen molar-refractivity contribution in [2.75, 3.05) is 0 Å². The quantitative estimate of drug-likeness (QED) is 0.204. The summed E-state index contributed by atoms with van der Waals surface area (Å²) < 4.78 is 5.33. The van der Waals surface area contributed by atoms with Crippen LogP contribution in [0.15, 0.2) is 42.6 Å². The Morgan fingerprint density at radius 3 is 2.33 bits per heavy atom. The van der Waals surface area contributed by atoms with Gasteiger partial charge in [0.2, 0.25) is 0 Å². The van der Waals surface area contributed by atoms with Crippen molar-refractivity contribution < 1.29 is 9.53 Å². The van der Waals surface area contributed by atoms with Gasteiger partial charge in [0.1, 0.15) is 11.1 Å². The summed E-state index contributed by atoms with van der Waals surface area (Å²) in [6.45, 7) is 6.02. The molecule has 0 saturated carbocycles. The van der Waals surface area contributed by atoms with E-state index < -0.39 is 11.3 Å². The number of alkyl halides is 1. The molecule has 0 spiro atoms. The number of benzene rings is 1. The monoisotopic (exact) mass is 387 g/mol. The highest BCUT2D eigenvalue weighted by molar-refractivity contribution is 6.30. The summed E-state index contributed by atoms with van der Waals surface area (Å²) in [6, 6.07) is 11.6. The number of aryl methyl sites for hydroxylation is 1. The first-order valence-corrected chi connectivity index (χ1v) is 10.4. The third-order valence-corrected chi connectivity index (χ3v) is 5.25. The first kappa shape index (κ1) is 21.4. The summed E-state index contributed by atoms with van der Waals surface area (Å²) in [5, 5.41) is -0.638. The lowest BCUT2D eigenvalue weighted by Crippen LogP contribution is -2.25. The molecule has 4 heteroatoms. The van der Waals surface area contributed by atoms with Crippen molar-refractivity contribution in [3.05, 3.63) is 48.2 Å². The van der Waals surface area contributed by atoms with Gasteiger partial charge in [0.15, 0.2) is 0 Å². The number of esters is 1. The molecule has 2 aromatic rings. The summed E-state index contributed by atoms with van der Waals surface area (Å²) in [6.07, 6.45) is 9.48. The maximum Gasteiger partial charge on any atom is 0.329 e. The molecular weight excluding hydrogens is 358 g/mol. The summed E-state index contributed by atoms with van der Waals surface area (Å²) in [5.74, 6) is 0.118. The second-order valence-electron chi connectivity index (χ2n) is 7.31. The van der Waals surface area contributed by atoms with Crippen LogP contribution in [-0.2, 0) is 11.2 Å². The molecule has 1 heterocycles. The van der Waals surface area contributed by atoms with Crippen LogP contribution in [0.3, 0.4) is 0 Å². The van der Waals surface area contributed by atoms with Gasteiger partial charge >= 0.3 is 5.97 Å². The van der Waals surface area contributed by atoms with Gasteiger partial charge in [-0.3, -0.25) is 9.78 Å².